The van der Waals surface area contributed by atoms with Crippen LogP contribution in [-0.4, -0.2) is 56.4 Å². The van der Waals surface area contributed by atoms with Crippen LogP contribution in [0.15, 0.2) is 60.7 Å². The molecule has 8 nitrogen and oxygen atoms in total. The highest BCUT2D eigenvalue weighted by atomic mass is 16.6. The quantitative estimate of drug-likeness (QED) is 0.157. The summed E-state index contributed by atoms with van der Waals surface area (Å²) in [7, 11) is 1.56. The molecule has 236 valence electrons. The summed E-state index contributed by atoms with van der Waals surface area (Å²) >= 11 is 0. The van der Waals surface area contributed by atoms with Crippen LogP contribution >= 0.6 is 0 Å². The minimum Gasteiger partial charge on any atom is -0.493 e. The number of benzene rings is 2. The van der Waals surface area contributed by atoms with E-state index in [1.807, 2.05) is 60.7 Å². The van der Waals surface area contributed by atoms with Crippen LogP contribution in [0.25, 0.3) is 0 Å². The molecule has 0 aromatic heterocycles. The number of hydrogen-bond acceptors (Lipinski definition) is 8. The molecule has 8 heteroatoms. The zero-order chi connectivity index (χ0) is 30.7. The highest BCUT2D eigenvalue weighted by Crippen LogP contribution is 2.29. The van der Waals surface area contributed by atoms with Gasteiger partial charge >= 0.3 is 11.9 Å². The van der Waals surface area contributed by atoms with E-state index in [0.29, 0.717) is 32.0 Å². The standard InChI is InChI=1S/C35H48O8/c1-27(36)22-33(26-40-25-29-14-8-4-9-15-29)43-35(38)24-32(19-18-28-12-6-3-7-13-28)42-34(37)23-31(39-2)20-21-41-30-16-10-5-11-17-30/h4-5,8-11,14-17,28,31-33H,3,6-7,12-13,18-26H2,1-2H3. The van der Waals surface area contributed by atoms with E-state index in [2.05, 4.69) is 0 Å². The fourth-order valence-electron chi connectivity index (χ4n) is 5.41. The fourth-order valence-corrected chi connectivity index (χ4v) is 5.41. The third-order valence-electron chi connectivity index (χ3n) is 7.72. The lowest BCUT2D eigenvalue weighted by Crippen LogP contribution is -2.30. The van der Waals surface area contributed by atoms with Crippen molar-refractivity contribution < 1.29 is 38.1 Å². The number of esters is 2. The van der Waals surface area contributed by atoms with E-state index in [9.17, 15) is 14.4 Å². The van der Waals surface area contributed by atoms with Crippen LogP contribution in [0.5, 0.6) is 5.75 Å². The predicted molar refractivity (Wildman–Crippen MR) is 164 cm³/mol. The Kier molecular flexibility index (Phi) is 15.8. The molecule has 1 aliphatic carbocycles. The van der Waals surface area contributed by atoms with E-state index >= 15 is 0 Å². The summed E-state index contributed by atoms with van der Waals surface area (Å²) < 4.78 is 28.6. The molecule has 0 aliphatic heterocycles. The number of hydrogen-bond donors (Lipinski definition) is 0. The number of ether oxygens (including phenoxy) is 5. The third-order valence-corrected chi connectivity index (χ3v) is 7.72. The van der Waals surface area contributed by atoms with E-state index in [1.165, 1.54) is 26.2 Å². The summed E-state index contributed by atoms with van der Waals surface area (Å²) in [6, 6.07) is 19.1. The highest BCUT2D eigenvalue weighted by molar-refractivity contribution is 5.77. The molecule has 2 aromatic carbocycles. The van der Waals surface area contributed by atoms with Gasteiger partial charge < -0.3 is 23.7 Å². The van der Waals surface area contributed by atoms with Gasteiger partial charge in [-0.05, 0) is 43.4 Å². The van der Waals surface area contributed by atoms with Crippen molar-refractivity contribution in [1.82, 2.24) is 0 Å². The van der Waals surface area contributed by atoms with Crippen molar-refractivity contribution in [2.45, 2.75) is 102 Å². The maximum absolute atomic E-state index is 13.0. The maximum Gasteiger partial charge on any atom is 0.309 e. The molecule has 0 radical (unpaired) electrons. The van der Waals surface area contributed by atoms with Crippen molar-refractivity contribution in [3.8, 4) is 5.75 Å². The zero-order valence-electron chi connectivity index (χ0n) is 25.7. The summed E-state index contributed by atoms with van der Waals surface area (Å²) in [4.78, 5) is 37.9. The van der Waals surface area contributed by atoms with E-state index in [1.54, 1.807) is 7.11 Å². The first-order valence-corrected chi connectivity index (χ1v) is 15.6. The van der Waals surface area contributed by atoms with Gasteiger partial charge in [0.25, 0.3) is 0 Å². The smallest absolute Gasteiger partial charge is 0.309 e. The van der Waals surface area contributed by atoms with Crippen molar-refractivity contribution in [1.29, 1.82) is 0 Å². The molecule has 1 aliphatic rings. The Hall–Kier alpha value is -3.23. The largest absolute Gasteiger partial charge is 0.493 e. The molecule has 3 unspecified atom stereocenters. The molecule has 43 heavy (non-hydrogen) atoms. The lowest BCUT2D eigenvalue weighted by molar-refractivity contribution is -0.161. The number of carbonyl (C=O) groups excluding carboxylic acids is 3. The Morgan fingerprint density at radius 1 is 0.767 bits per heavy atom. The van der Waals surface area contributed by atoms with Crippen LogP contribution in [0.2, 0.25) is 0 Å². The van der Waals surface area contributed by atoms with Gasteiger partial charge in [0.05, 0.1) is 38.8 Å². The molecule has 2 aromatic rings. The first-order valence-electron chi connectivity index (χ1n) is 15.6. The summed E-state index contributed by atoms with van der Waals surface area (Å²) in [5.41, 5.74) is 0.992. The zero-order valence-corrected chi connectivity index (χ0v) is 25.7. The Bertz CT molecular complexity index is 1070. The molecule has 0 N–H and O–H groups in total. The first-order chi connectivity index (χ1) is 20.9. The summed E-state index contributed by atoms with van der Waals surface area (Å²) in [6.07, 6.45) is 6.39. The molecule has 0 saturated heterocycles. The number of rotatable bonds is 20. The van der Waals surface area contributed by atoms with Crippen molar-refractivity contribution in [3.63, 3.8) is 0 Å². The van der Waals surface area contributed by atoms with Crippen molar-refractivity contribution in [2.24, 2.45) is 5.92 Å². The highest BCUT2D eigenvalue weighted by Gasteiger charge is 2.26. The van der Waals surface area contributed by atoms with E-state index in [0.717, 1.165) is 30.6 Å². The molecule has 0 heterocycles. The molecule has 1 saturated carbocycles. The Morgan fingerprint density at radius 3 is 2.05 bits per heavy atom. The fraction of sp³-hybridized carbons (Fsp3) is 0.571. The molecule has 0 amide bonds. The van der Waals surface area contributed by atoms with Crippen LogP contribution < -0.4 is 4.74 Å². The molecule has 0 spiro atoms. The minimum atomic E-state index is -0.703. The average molecular weight is 597 g/mol. The van der Waals surface area contributed by atoms with Gasteiger partial charge in [0.1, 0.15) is 23.7 Å². The topological polar surface area (TPSA) is 97.4 Å². The van der Waals surface area contributed by atoms with Gasteiger partial charge in [0, 0.05) is 20.0 Å². The van der Waals surface area contributed by atoms with Crippen molar-refractivity contribution >= 4 is 17.7 Å². The second kappa shape index (κ2) is 19.9. The molecular formula is C35H48O8. The Balaban J connectivity index is 1.52. The summed E-state index contributed by atoms with van der Waals surface area (Å²) in [6.45, 7) is 2.32. The van der Waals surface area contributed by atoms with Crippen LogP contribution in [0.1, 0.15) is 83.1 Å². The van der Waals surface area contributed by atoms with E-state index in [-0.39, 0.29) is 37.8 Å². The minimum absolute atomic E-state index is 0.0594. The van der Waals surface area contributed by atoms with E-state index < -0.39 is 24.1 Å². The van der Waals surface area contributed by atoms with Gasteiger partial charge in [-0.3, -0.25) is 14.4 Å². The molecule has 0 bridgehead atoms. The van der Waals surface area contributed by atoms with E-state index in [4.69, 9.17) is 23.7 Å². The SMILES string of the molecule is COC(CCOc1ccccc1)CC(=O)OC(CCC1CCCCC1)CC(=O)OC(COCc1ccccc1)CC(C)=O. The van der Waals surface area contributed by atoms with Gasteiger partial charge in [-0.1, -0.05) is 80.6 Å². The lowest BCUT2D eigenvalue weighted by atomic mass is 9.85. The number of methoxy groups -OCH3 is 1. The number of ketones is 1. The third kappa shape index (κ3) is 14.7. The normalized spacial score (nSPS) is 15.7. The van der Waals surface area contributed by atoms with Crippen molar-refractivity contribution in [2.75, 3.05) is 20.3 Å². The number of Topliss-reactive ketones (excluding diaryl/α,β-unsaturated/α-hetero) is 1. The average Bonchev–Trinajstić information content (AvgIpc) is 3.00. The van der Waals surface area contributed by atoms with Gasteiger partial charge in [-0.25, -0.2) is 0 Å². The monoisotopic (exact) mass is 596 g/mol. The second-order valence-corrected chi connectivity index (χ2v) is 11.4. The molecular weight excluding hydrogens is 548 g/mol. The summed E-state index contributed by atoms with van der Waals surface area (Å²) in [5.74, 6) is 0.317. The Morgan fingerprint density at radius 2 is 1.40 bits per heavy atom. The van der Waals surface area contributed by atoms with Crippen molar-refractivity contribution in [3.05, 3.63) is 66.2 Å². The lowest BCUT2D eigenvalue weighted by Gasteiger charge is -2.25. The predicted octanol–water partition coefficient (Wildman–Crippen LogP) is 6.63. The molecule has 1 fully saturated rings. The van der Waals surface area contributed by atoms with Crippen LogP contribution in [0.3, 0.4) is 0 Å². The van der Waals surface area contributed by atoms with Gasteiger partial charge in [-0.15, -0.1) is 0 Å². The number of carbonyl (C=O) groups is 3. The number of para-hydroxylation sites is 1. The van der Waals surface area contributed by atoms with Gasteiger partial charge in [0.15, 0.2) is 0 Å². The Labute approximate surface area is 256 Å². The second-order valence-electron chi connectivity index (χ2n) is 11.4. The maximum atomic E-state index is 13.0. The molecule has 3 atom stereocenters. The van der Waals surface area contributed by atoms with Crippen LogP contribution in [0, 0.1) is 5.92 Å². The molecule has 3 rings (SSSR count). The first kappa shape index (κ1) is 34.3. The van der Waals surface area contributed by atoms with Gasteiger partial charge in [0.2, 0.25) is 0 Å². The van der Waals surface area contributed by atoms with Crippen LogP contribution in [-0.2, 0) is 39.9 Å². The van der Waals surface area contributed by atoms with Gasteiger partial charge in [-0.2, -0.15) is 0 Å². The summed E-state index contributed by atoms with van der Waals surface area (Å²) in [5, 5.41) is 0. The van der Waals surface area contributed by atoms with Crippen LogP contribution in [0.4, 0.5) is 0 Å².